The summed E-state index contributed by atoms with van der Waals surface area (Å²) in [5.74, 6) is 0.532. The highest BCUT2D eigenvalue weighted by molar-refractivity contribution is 6.06. The van der Waals surface area contributed by atoms with Gasteiger partial charge in [-0.3, -0.25) is 4.90 Å². The van der Waals surface area contributed by atoms with Crippen LogP contribution in [0.25, 0.3) is 22.6 Å². The highest BCUT2D eigenvalue weighted by Gasteiger charge is 2.27. The van der Waals surface area contributed by atoms with Crippen LogP contribution in [-0.2, 0) is 6.54 Å². The van der Waals surface area contributed by atoms with E-state index in [0.29, 0.717) is 29.6 Å². The van der Waals surface area contributed by atoms with Crippen LogP contribution in [0.4, 0.5) is 0 Å². The van der Waals surface area contributed by atoms with Crippen LogP contribution >= 0.6 is 0 Å². The van der Waals surface area contributed by atoms with Crippen molar-refractivity contribution in [2.24, 2.45) is 0 Å². The number of aromatic nitrogens is 1. The van der Waals surface area contributed by atoms with Crippen molar-refractivity contribution < 1.29 is 19.4 Å². The zero-order valence-corrected chi connectivity index (χ0v) is 15.3. The third-order valence-electron chi connectivity index (χ3n) is 5.12. The topological polar surface area (TPSA) is 71.9 Å². The first-order valence-corrected chi connectivity index (χ1v) is 9.04. The van der Waals surface area contributed by atoms with E-state index in [1.807, 2.05) is 55.6 Å². The van der Waals surface area contributed by atoms with E-state index in [1.165, 1.54) is 0 Å². The molecule has 0 radical (unpaired) electrons. The van der Waals surface area contributed by atoms with Crippen molar-refractivity contribution in [2.45, 2.75) is 6.54 Å². The minimum absolute atomic E-state index is 0.233. The van der Waals surface area contributed by atoms with Gasteiger partial charge in [0.15, 0.2) is 11.5 Å². The van der Waals surface area contributed by atoms with Crippen molar-refractivity contribution in [1.82, 2.24) is 9.88 Å². The number of carbonyl (C=O) groups is 1. The lowest BCUT2D eigenvalue weighted by atomic mass is 9.92. The average molecular weight is 374 g/mol. The molecule has 0 atom stereocenters. The fourth-order valence-corrected chi connectivity index (χ4v) is 3.92. The van der Waals surface area contributed by atoms with Crippen molar-refractivity contribution in [1.29, 1.82) is 0 Å². The lowest BCUT2D eigenvalue weighted by molar-refractivity contribution is 0.0696. The zero-order valence-electron chi connectivity index (χ0n) is 15.3. The number of nitrogens with zero attached hydrogens (tertiary/aromatic N) is 2. The molecule has 0 saturated carbocycles. The van der Waals surface area contributed by atoms with Crippen molar-refractivity contribution in [3.63, 3.8) is 0 Å². The van der Waals surface area contributed by atoms with Crippen LogP contribution in [-0.4, -0.2) is 41.3 Å². The standard InChI is InChI=1S/C22H18N2O4/c1-24-10-14(8-13-6-7-18-19(9-13)28-12-27-18)21-16(11-24)20(22(25)26)15-4-2-3-5-17(15)23-21/h2-9H,10-12H2,1H3,(H,25,26)/b14-8+. The summed E-state index contributed by atoms with van der Waals surface area (Å²) in [5.41, 5.74) is 4.49. The zero-order chi connectivity index (χ0) is 19.3. The Labute approximate surface area is 161 Å². The SMILES string of the molecule is CN1C/C(=C\c2ccc3c(c2)OCO3)c2nc3ccccc3c(C(=O)O)c2C1. The molecule has 0 saturated heterocycles. The van der Waals surface area contributed by atoms with Gasteiger partial charge in [-0.25, -0.2) is 9.78 Å². The second-order valence-corrected chi connectivity index (χ2v) is 7.09. The molecule has 6 nitrogen and oxygen atoms in total. The Bertz CT molecular complexity index is 1150. The molecule has 140 valence electrons. The fourth-order valence-electron chi connectivity index (χ4n) is 3.92. The van der Waals surface area contributed by atoms with E-state index in [2.05, 4.69) is 4.90 Å². The number of hydrogen-bond acceptors (Lipinski definition) is 5. The quantitative estimate of drug-likeness (QED) is 0.738. The first-order chi connectivity index (χ1) is 13.6. The molecule has 0 bridgehead atoms. The van der Waals surface area contributed by atoms with Gasteiger partial charge < -0.3 is 14.6 Å². The summed E-state index contributed by atoms with van der Waals surface area (Å²) in [6, 6.07) is 13.2. The molecule has 0 fully saturated rings. The van der Waals surface area contributed by atoms with Crippen molar-refractivity contribution in [3.8, 4) is 11.5 Å². The van der Waals surface area contributed by atoms with Crippen LogP contribution < -0.4 is 9.47 Å². The molecule has 3 heterocycles. The maximum Gasteiger partial charge on any atom is 0.336 e. The summed E-state index contributed by atoms with van der Waals surface area (Å²) in [6.07, 6.45) is 2.05. The van der Waals surface area contributed by atoms with E-state index < -0.39 is 5.97 Å². The molecular weight excluding hydrogens is 356 g/mol. The van der Waals surface area contributed by atoms with Crippen LogP contribution in [0, 0.1) is 0 Å². The predicted molar refractivity (Wildman–Crippen MR) is 105 cm³/mol. The number of pyridine rings is 1. The molecular formula is C22H18N2O4. The van der Waals surface area contributed by atoms with Gasteiger partial charge in [0.05, 0.1) is 16.8 Å². The molecule has 2 aliphatic heterocycles. The number of rotatable bonds is 2. The van der Waals surface area contributed by atoms with Gasteiger partial charge in [-0.2, -0.15) is 0 Å². The van der Waals surface area contributed by atoms with Gasteiger partial charge in [-0.05, 0) is 42.5 Å². The molecule has 0 amide bonds. The Morgan fingerprint density at radius 2 is 1.96 bits per heavy atom. The van der Waals surface area contributed by atoms with Gasteiger partial charge >= 0.3 is 5.97 Å². The molecule has 0 spiro atoms. The van der Waals surface area contributed by atoms with E-state index in [9.17, 15) is 9.90 Å². The molecule has 5 rings (SSSR count). The van der Waals surface area contributed by atoms with E-state index >= 15 is 0 Å². The predicted octanol–water partition coefficient (Wildman–Crippen LogP) is 3.65. The van der Waals surface area contributed by atoms with Crippen LogP contribution in [0.15, 0.2) is 42.5 Å². The summed E-state index contributed by atoms with van der Waals surface area (Å²) < 4.78 is 10.9. The number of aromatic carboxylic acids is 1. The number of likely N-dealkylation sites (N-methyl/N-ethyl adjacent to an activating group) is 1. The minimum atomic E-state index is -0.924. The Morgan fingerprint density at radius 1 is 1.14 bits per heavy atom. The van der Waals surface area contributed by atoms with E-state index in [1.54, 1.807) is 0 Å². The van der Waals surface area contributed by atoms with E-state index in [0.717, 1.165) is 33.9 Å². The number of hydrogen-bond donors (Lipinski definition) is 1. The van der Waals surface area contributed by atoms with Crippen molar-refractivity contribution in [2.75, 3.05) is 20.4 Å². The van der Waals surface area contributed by atoms with E-state index in [-0.39, 0.29) is 6.79 Å². The molecule has 0 aliphatic carbocycles. The van der Waals surface area contributed by atoms with Crippen LogP contribution in [0.2, 0.25) is 0 Å². The Balaban J connectivity index is 1.71. The number of carboxylic acids is 1. The second-order valence-electron chi connectivity index (χ2n) is 7.09. The monoisotopic (exact) mass is 374 g/mol. The highest BCUT2D eigenvalue weighted by atomic mass is 16.7. The molecule has 2 aliphatic rings. The van der Waals surface area contributed by atoms with Crippen LogP contribution in [0.1, 0.15) is 27.2 Å². The molecule has 1 aromatic heterocycles. The van der Waals surface area contributed by atoms with E-state index in [4.69, 9.17) is 14.5 Å². The molecule has 3 aromatic rings. The summed E-state index contributed by atoms with van der Waals surface area (Å²) >= 11 is 0. The Morgan fingerprint density at radius 3 is 2.82 bits per heavy atom. The third kappa shape index (κ3) is 2.70. The minimum Gasteiger partial charge on any atom is -0.478 e. The van der Waals surface area contributed by atoms with Gasteiger partial charge in [0, 0.05) is 24.0 Å². The lowest BCUT2D eigenvalue weighted by Crippen LogP contribution is -2.28. The summed E-state index contributed by atoms with van der Waals surface area (Å²) in [6.45, 7) is 1.47. The van der Waals surface area contributed by atoms with Crippen LogP contribution in [0.3, 0.4) is 0 Å². The third-order valence-corrected chi connectivity index (χ3v) is 5.12. The smallest absolute Gasteiger partial charge is 0.336 e. The first-order valence-electron chi connectivity index (χ1n) is 9.04. The van der Waals surface area contributed by atoms with Crippen LogP contribution in [0.5, 0.6) is 11.5 Å². The van der Waals surface area contributed by atoms with Gasteiger partial charge in [-0.1, -0.05) is 24.3 Å². The molecule has 6 heteroatoms. The number of fused-ring (bicyclic) bond motifs is 3. The number of para-hydroxylation sites is 1. The first kappa shape index (κ1) is 16.8. The second kappa shape index (κ2) is 6.35. The fraction of sp³-hybridized carbons (Fsp3) is 0.182. The molecule has 2 aromatic carbocycles. The molecule has 0 unspecified atom stereocenters. The lowest BCUT2D eigenvalue weighted by Gasteiger charge is -2.28. The van der Waals surface area contributed by atoms with Gasteiger partial charge in [0.2, 0.25) is 6.79 Å². The number of carboxylic acid groups (broad SMARTS) is 1. The Kier molecular flexibility index (Phi) is 3.80. The maximum absolute atomic E-state index is 12.1. The normalized spacial score (nSPS) is 17.1. The summed E-state index contributed by atoms with van der Waals surface area (Å²) in [7, 11) is 1.98. The number of benzene rings is 2. The average Bonchev–Trinajstić information content (AvgIpc) is 3.14. The molecule has 1 N–H and O–H groups in total. The maximum atomic E-state index is 12.1. The van der Waals surface area contributed by atoms with Gasteiger partial charge in [0.1, 0.15) is 0 Å². The molecule has 28 heavy (non-hydrogen) atoms. The Hall–Kier alpha value is -3.38. The van der Waals surface area contributed by atoms with Gasteiger partial charge in [0.25, 0.3) is 0 Å². The largest absolute Gasteiger partial charge is 0.478 e. The highest BCUT2D eigenvalue weighted by Crippen LogP contribution is 2.36. The van der Waals surface area contributed by atoms with Crippen molar-refractivity contribution >= 4 is 28.5 Å². The summed E-state index contributed by atoms with van der Waals surface area (Å²) in [4.78, 5) is 19.0. The van der Waals surface area contributed by atoms with Gasteiger partial charge in [-0.15, -0.1) is 0 Å². The van der Waals surface area contributed by atoms with Crippen molar-refractivity contribution in [3.05, 3.63) is 64.8 Å². The summed E-state index contributed by atoms with van der Waals surface area (Å²) in [5, 5.41) is 10.6. The number of ether oxygens (including phenoxy) is 2.